The molecule has 2 unspecified atom stereocenters. The fourth-order valence-electron chi connectivity index (χ4n) is 3.44. The molecule has 3 heteroatoms. The minimum absolute atomic E-state index is 0. The summed E-state index contributed by atoms with van der Waals surface area (Å²) < 4.78 is 5.88. The van der Waals surface area contributed by atoms with Gasteiger partial charge in [-0.3, -0.25) is 0 Å². The van der Waals surface area contributed by atoms with E-state index in [1.54, 1.807) is 0 Å². The Morgan fingerprint density at radius 2 is 2.12 bits per heavy atom. The fourth-order valence-corrected chi connectivity index (χ4v) is 3.44. The van der Waals surface area contributed by atoms with E-state index in [2.05, 4.69) is 36.6 Å². The molecular weight excluding hydrogens is 234 g/mol. The lowest BCUT2D eigenvalue weighted by Gasteiger charge is -2.48. The molecule has 1 aromatic rings. The first-order valence-corrected chi connectivity index (χ1v) is 6.28. The van der Waals surface area contributed by atoms with Crippen molar-refractivity contribution in [3.05, 3.63) is 29.8 Å². The lowest BCUT2D eigenvalue weighted by molar-refractivity contribution is 0.0672. The van der Waals surface area contributed by atoms with Crippen LogP contribution in [0.3, 0.4) is 0 Å². The van der Waals surface area contributed by atoms with Gasteiger partial charge in [0.25, 0.3) is 0 Å². The number of nitrogens with one attached hydrogen (secondary N) is 1. The maximum absolute atomic E-state index is 5.88. The molecule has 17 heavy (non-hydrogen) atoms. The summed E-state index contributed by atoms with van der Waals surface area (Å²) in [5, 5.41) is 3.60. The molecule has 2 atom stereocenters. The van der Waals surface area contributed by atoms with Crippen molar-refractivity contribution in [3.63, 3.8) is 0 Å². The van der Waals surface area contributed by atoms with Crippen molar-refractivity contribution in [2.24, 2.45) is 5.92 Å². The standard InChI is InChI=1S/C14H19NO.ClH/c1-15-14-9-5-4-6-11(14)10-16-13-8-3-2-7-12(13)14;/h2-3,7-8,11,15H,4-6,9-10H2,1H3;1H. The van der Waals surface area contributed by atoms with Crippen LogP contribution in [0.1, 0.15) is 31.2 Å². The Balaban J connectivity index is 0.00000108. The summed E-state index contributed by atoms with van der Waals surface area (Å²) in [6, 6.07) is 8.51. The van der Waals surface area contributed by atoms with Gasteiger partial charge in [-0.2, -0.15) is 0 Å². The minimum atomic E-state index is 0. The Bertz CT molecular complexity index is 396. The predicted molar refractivity (Wildman–Crippen MR) is 71.9 cm³/mol. The van der Waals surface area contributed by atoms with Crippen LogP contribution in [-0.2, 0) is 5.54 Å². The van der Waals surface area contributed by atoms with Crippen LogP contribution in [0, 0.1) is 5.92 Å². The molecule has 0 radical (unpaired) electrons. The van der Waals surface area contributed by atoms with Gasteiger partial charge in [-0.15, -0.1) is 12.4 Å². The monoisotopic (exact) mass is 253 g/mol. The summed E-state index contributed by atoms with van der Waals surface area (Å²) in [5.74, 6) is 1.72. The van der Waals surface area contributed by atoms with Gasteiger partial charge in [-0.25, -0.2) is 0 Å². The summed E-state index contributed by atoms with van der Waals surface area (Å²) in [7, 11) is 2.10. The lowest BCUT2D eigenvalue weighted by atomic mass is 9.68. The molecular formula is C14H20ClNO. The Morgan fingerprint density at radius 1 is 1.29 bits per heavy atom. The minimum Gasteiger partial charge on any atom is -0.493 e. The number of halogens is 1. The van der Waals surface area contributed by atoms with Gasteiger partial charge in [0, 0.05) is 11.5 Å². The van der Waals surface area contributed by atoms with Crippen LogP contribution in [-0.4, -0.2) is 13.7 Å². The van der Waals surface area contributed by atoms with Gasteiger partial charge in [0.05, 0.1) is 12.1 Å². The Hall–Kier alpha value is -0.730. The van der Waals surface area contributed by atoms with Gasteiger partial charge in [-0.05, 0) is 26.0 Å². The molecule has 2 aliphatic rings. The second-order valence-corrected chi connectivity index (χ2v) is 4.97. The van der Waals surface area contributed by atoms with E-state index in [-0.39, 0.29) is 17.9 Å². The first kappa shape index (κ1) is 12.7. The number of fused-ring (bicyclic) bond motifs is 3. The number of para-hydroxylation sites is 1. The van der Waals surface area contributed by atoms with Crippen LogP contribution < -0.4 is 10.1 Å². The predicted octanol–water partition coefficient (Wildman–Crippen LogP) is 3.11. The average molecular weight is 254 g/mol. The largest absolute Gasteiger partial charge is 0.493 e. The fraction of sp³-hybridized carbons (Fsp3) is 0.571. The van der Waals surface area contributed by atoms with E-state index < -0.39 is 0 Å². The van der Waals surface area contributed by atoms with Crippen LogP contribution in [0.5, 0.6) is 5.75 Å². The molecule has 0 aromatic heterocycles. The molecule has 2 nitrogen and oxygen atoms in total. The topological polar surface area (TPSA) is 21.3 Å². The molecule has 3 rings (SSSR count). The Labute approximate surface area is 109 Å². The molecule has 94 valence electrons. The van der Waals surface area contributed by atoms with Gasteiger partial charge in [0.15, 0.2) is 0 Å². The molecule has 1 heterocycles. The zero-order valence-electron chi connectivity index (χ0n) is 10.2. The van der Waals surface area contributed by atoms with E-state index in [1.807, 2.05) is 0 Å². The van der Waals surface area contributed by atoms with Crippen molar-refractivity contribution in [3.8, 4) is 5.75 Å². The van der Waals surface area contributed by atoms with Crippen molar-refractivity contribution >= 4 is 12.4 Å². The van der Waals surface area contributed by atoms with Crippen LogP contribution in [0.4, 0.5) is 0 Å². The SMILES string of the molecule is CNC12CCCCC1COc1ccccc12.Cl. The molecule has 1 N–H and O–H groups in total. The highest BCUT2D eigenvalue weighted by Gasteiger charge is 2.45. The number of benzene rings is 1. The first-order valence-electron chi connectivity index (χ1n) is 6.28. The summed E-state index contributed by atoms with van der Waals surface area (Å²) in [5.41, 5.74) is 1.54. The normalized spacial score (nSPS) is 30.5. The first-order chi connectivity index (χ1) is 7.87. The Kier molecular flexibility index (Phi) is 3.64. The molecule has 1 aliphatic heterocycles. The lowest BCUT2D eigenvalue weighted by Crippen LogP contribution is -2.52. The van der Waals surface area contributed by atoms with Crippen LogP contribution in [0.15, 0.2) is 24.3 Å². The van der Waals surface area contributed by atoms with Crippen LogP contribution >= 0.6 is 12.4 Å². The van der Waals surface area contributed by atoms with E-state index in [4.69, 9.17) is 4.74 Å². The molecule has 0 bridgehead atoms. The number of hydrogen-bond donors (Lipinski definition) is 1. The van der Waals surface area contributed by atoms with E-state index in [9.17, 15) is 0 Å². The number of ether oxygens (including phenoxy) is 1. The van der Waals surface area contributed by atoms with Crippen LogP contribution in [0.25, 0.3) is 0 Å². The van der Waals surface area contributed by atoms with Crippen molar-refractivity contribution in [1.29, 1.82) is 0 Å². The molecule has 0 amide bonds. The molecule has 1 aliphatic carbocycles. The molecule has 0 saturated heterocycles. The second-order valence-electron chi connectivity index (χ2n) is 4.97. The third-order valence-electron chi connectivity index (χ3n) is 4.32. The van der Waals surface area contributed by atoms with E-state index in [0.717, 1.165) is 12.4 Å². The zero-order chi connectivity index (χ0) is 11.0. The number of hydrogen-bond acceptors (Lipinski definition) is 2. The number of rotatable bonds is 1. The van der Waals surface area contributed by atoms with Crippen molar-refractivity contribution in [1.82, 2.24) is 5.32 Å². The summed E-state index contributed by atoms with van der Waals surface area (Å²) in [6.45, 7) is 0.873. The summed E-state index contributed by atoms with van der Waals surface area (Å²) >= 11 is 0. The highest BCUT2D eigenvalue weighted by atomic mass is 35.5. The van der Waals surface area contributed by atoms with Gasteiger partial charge in [-0.1, -0.05) is 31.0 Å². The molecule has 1 aromatic carbocycles. The molecule has 1 saturated carbocycles. The van der Waals surface area contributed by atoms with Crippen molar-refractivity contribution < 1.29 is 4.74 Å². The Morgan fingerprint density at radius 3 is 2.94 bits per heavy atom. The third-order valence-corrected chi connectivity index (χ3v) is 4.32. The van der Waals surface area contributed by atoms with E-state index in [0.29, 0.717) is 5.92 Å². The zero-order valence-corrected chi connectivity index (χ0v) is 11.1. The van der Waals surface area contributed by atoms with Gasteiger partial charge >= 0.3 is 0 Å². The van der Waals surface area contributed by atoms with Gasteiger partial charge in [0.2, 0.25) is 0 Å². The quantitative estimate of drug-likeness (QED) is 0.831. The highest BCUT2D eigenvalue weighted by molar-refractivity contribution is 5.85. The molecule has 0 spiro atoms. The van der Waals surface area contributed by atoms with E-state index >= 15 is 0 Å². The van der Waals surface area contributed by atoms with Gasteiger partial charge in [0.1, 0.15) is 5.75 Å². The maximum atomic E-state index is 5.88. The maximum Gasteiger partial charge on any atom is 0.124 e. The second kappa shape index (κ2) is 4.87. The van der Waals surface area contributed by atoms with E-state index in [1.165, 1.54) is 31.2 Å². The third kappa shape index (κ3) is 1.84. The van der Waals surface area contributed by atoms with Gasteiger partial charge < -0.3 is 10.1 Å². The van der Waals surface area contributed by atoms with Crippen molar-refractivity contribution in [2.45, 2.75) is 31.2 Å². The smallest absolute Gasteiger partial charge is 0.124 e. The van der Waals surface area contributed by atoms with Crippen LogP contribution in [0.2, 0.25) is 0 Å². The summed E-state index contributed by atoms with van der Waals surface area (Å²) in [6.07, 6.45) is 5.20. The summed E-state index contributed by atoms with van der Waals surface area (Å²) in [4.78, 5) is 0. The highest BCUT2D eigenvalue weighted by Crippen LogP contribution is 2.47. The molecule has 1 fully saturated rings. The average Bonchev–Trinajstić information content (AvgIpc) is 2.38. The van der Waals surface area contributed by atoms with Crippen molar-refractivity contribution in [2.75, 3.05) is 13.7 Å².